The summed E-state index contributed by atoms with van der Waals surface area (Å²) < 4.78 is 0. The summed E-state index contributed by atoms with van der Waals surface area (Å²) >= 11 is 0. The highest BCUT2D eigenvalue weighted by molar-refractivity contribution is 5.79. The van der Waals surface area contributed by atoms with Gasteiger partial charge in [0.25, 0.3) is 0 Å². The molecule has 0 spiro atoms. The van der Waals surface area contributed by atoms with E-state index in [2.05, 4.69) is 52.1 Å². The maximum atomic E-state index is 12.9. The van der Waals surface area contributed by atoms with Gasteiger partial charge in [0.2, 0.25) is 5.91 Å². The fourth-order valence-corrected chi connectivity index (χ4v) is 5.49. The second-order valence-corrected chi connectivity index (χ2v) is 8.85. The minimum absolute atomic E-state index is 0.147. The molecule has 4 rings (SSSR count). The van der Waals surface area contributed by atoms with Crippen LogP contribution in [0.2, 0.25) is 0 Å². The summed E-state index contributed by atoms with van der Waals surface area (Å²) in [4.78, 5) is 20.2. The lowest BCUT2D eigenvalue weighted by Gasteiger charge is -2.51. The summed E-state index contributed by atoms with van der Waals surface area (Å²) in [6.07, 6.45) is 8.38. The highest BCUT2D eigenvalue weighted by Crippen LogP contribution is 2.39. The van der Waals surface area contributed by atoms with Crippen LogP contribution in [0.15, 0.2) is 30.3 Å². The molecule has 2 aliphatic heterocycles. The zero-order valence-corrected chi connectivity index (χ0v) is 16.9. The maximum absolute atomic E-state index is 12.9. The molecule has 0 radical (unpaired) electrons. The molecule has 4 nitrogen and oxygen atoms in total. The zero-order valence-electron chi connectivity index (χ0n) is 16.9. The molecule has 27 heavy (non-hydrogen) atoms. The molecule has 2 heterocycles. The summed E-state index contributed by atoms with van der Waals surface area (Å²) in [7, 11) is 2.23. The van der Waals surface area contributed by atoms with Gasteiger partial charge in [-0.3, -0.25) is 9.69 Å². The van der Waals surface area contributed by atoms with Crippen LogP contribution in [0.25, 0.3) is 0 Å². The van der Waals surface area contributed by atoms with Crippen molar-refractivity contribution in [3.63, 3.8) is 0 Å². The van der Waals surface area contributed by atoms with Crippen LogP contribution in [0.5, 0.6) is 0 Å². The molecule has 2 saturated heterocycles. The first kappa shape index (κ1) is 18.9. The van der Waals surface area contributed by atoms with Gasteiger partial charge in [-0.05, 0) is 51.4 Å². The fourth-order valence-electron chi connectivity index (χ4n) is 5.49. The molecule has 1 saturated carbocycles. The molecule has 0 bridgehead atoms. The molecule has 1 aliphatic carbocycles. The number of carbonyl (C=O) groups excluding carboxylic acids is 1. The second kappa shape index (κ2) is 8.32. The van der Waals surface area contributed by atoms with Crippen LogP contribution in [0.1, 0.15) is 50.5 Å². The molecule has 1 amide bonds. The number of nitrogens with zero attached hydrogens (tertiary/aromatic N) is 3. The van der Waals surface area contributed by atoms with Crippen LogP contribution in [0.3, 0.4) is 0 Å². The van der Waals surface area contributed by atoms with Crippen LogP contribution in [-0.2, 0) is 10.3 Å². The van der Waals surface area contributed by atoms with Crippen LogP contribution >= 0.6 is 0 Å². The Morgan fingerprint density at radius 1 is 0.889 bits per heavy atom. The number of benzene rings is 1. The Kier molecular flexibility index (Phi) is 5.84. The summed E-state index contributed by atoms with van der Waals surface area (Å²) in [5.41, 5.74) is 1.61. The number of piperazine rings is 1. The van der Waals surface area contributed by atoms with E-state index in [1.54, 1.807) is 0 Å². The van der Waals surface area contributed by atoms with Gasteiger partial charge >= 0.3 is 0 Å². The monoisotopic (exact) mass is 369 g/mol. The normalized spacial score (nSPS) is 25.4. The second-order valence-electron chi connectivity index (χ2n) is 8.85. The van der Waals surface area contributed by atoms with Gasteiger partial charge in [-0.2, -0.15) is 0 Å². The van der Waals surface area contributed by atoms with Crippen molar-refractivity contribution >= 4 is 5.91 Å². The lowest BCUT2D eigenvalue weighted by molar-refractivity contribution is -0.140. The number of carbonyl (C=O) groups is 1. The van der Waals surface area contributed by atoms with Crippen LogP contribution in [-0.4, -0.2) is 66.9 Å². The number of piperidine rings is 1. The van der Waals surface area contributed by atoms with Crippen LogP contribution in [0.4, 0.5) is 0 Å². The van der Waals surface area contributed by atoms with E-state index in [4.69, 9.17) is 0 Å². The largest absolute Gasteiger partial charge is 0.340 e. The number of hydrogen-bond acceptors (Lipinski definition) is 3. The van der Waals surface area contributed by atoms with Crippen molar-refractivity contribution in [1.29, 1.82) is 0 Å². The van der Waals surface area contributed by atoms with Crippen LogP contribution in [0, 0.1) is 5.92 Å². The van der Waals surface area contributed by atoms with Crippen molar-refractivity contribution in [3.05, 3.63) is 35.9 Å². The Labute approximate surface area is 164 Å². The molecule has 1 aromatic carbocycles. The van der Waals surface area contributed by atoms with Crippen molar-refractivity contribution in [2.75, 3.05) is 46.3 Å². The van der Waals surface area contributed by atoms with Crippen LogP contribution < -0.4 is 0 Å². The van der Waals surface area contributed by atoms with E-state index in [9.17, 15) is 4.79 Å². The zero-order chi connectivity index (χ0) is 18.7. The first-order valence-corrected chi connectivity index (χ1v) is 11.0. The first-order chi connectivity index (χ1) is 13.2. The van der Waals surface area contributed by atoms with Gasteiger partial charge in [0.05, 0.1) is 0 Å². The molecule has 0 unspecified atom stereocenters. The van der Waals surface area contributed by atoms with Gasteiger partial charge in [0, 0.05) is 37.6 Å². The maximum Gasteiger partial charge on any atom is 0.225 e. The molecule has 0 N–H and O–H groups in total. The predicted octanol–water partition coefficient (Wildman–Crippen LogP) is 3.33. The van der Waals surface area contributed by atoms with E-state index in [1.165, 1.54) is 37.7 Å². The molecule has 3 aliphatic rings. The standard InChI is InChI=1S/C23H35N3O/c1-24-14-12-23(13-15-24,21-10-6-3-7-11-21)26-18-16-25(17-19-26)22(27)20-8-4-2-5-9-20/h3,6-7,10-11,20H,2,4-5,8-9,12-19H2,1H3. The molecule has 4 heteroatoms. The van der Waals surface area contributed by atoms with Gasteiger partial charge in [-0.25, -0.2) is 0 Å². The van der Waals surface area contributed by atoms with E-state index in [0.29, 0.717) is 11.8 Å². The summed E-state index contributed by atoms with van der Waals surface area (Å²) in [6, 6.07) is 11.1. The van der Waals surface area contributed by atoms with Crippen molar-refractivity contribution in [2.45, 2.75) is 50.5 Å². The predicted molar refractivity (Wildman–Crippen MR) is 110 cm³/mol. The molecular formula is C23H35N3O. The Bertz CT molecular complexity index is 610. The smallest absolute Gasteiger partial charge is 0.225 e. The molecule has 1 aromatic rings. The lowest BCUT2D eigenvalue weighted by atomic mass is 9.79. The van der Waals surface area contributed by atoms with Crippen molar-refractivity contribution in [2.24, 2.45) is 5.92 Å². The van der Waals surface area contributed by atoms with Crippen molar-refractivity contribution in [3.8, 4) is 0 Å². The summed E-state index contributed by atoms with van der Waals surface area (Å²) in [5, 5.41) is 0. The summed E-state index contributed by atoms with van der Waals surface area (Å²) in [5.74, 6) is 0.739. The average Bonchev–Trinajstić information content (AvgIpc) is 2.75. The van der Waals surface area contributed by atoms with Gasteiger partial charge in [0.1, 0.15) is 0 Å². The Hall–Kier alpha value is -1.39. The Morgan fingerprint density at radius 3 is 2.15 bits per heavy atom. The van der Waals surface area contributed by atoms with E-state index in [1.807, 2.05) is 0 Å². The summed E-state index contributed by atoms with van der Waals surface area (Å²) in [6.45, 7) is 6.12. The quantitative estimate of drug-likeness (QED) is 0.818. The average molecular weight is 370 g/mol. The highest BCUT2D eigenvalue weighted by Gasteiger charge is 2.42. The molecule has 3 fully saturated rings. The van der Waals surface area contributed by atoms with E-state index in [0.717, 1.165) is 52.1 Å². The number of hydrogen-bond donors (Lipinski definition) is 0. The van der Waals surface area contributed by atoms with Crippen molar-refractivity contribution in [1.82, 2.24) is 14.7 Å². The Morgan fingerprint density at radius 2 is 1.52 bits per heavy atom. The number of amides is 1. The minimum atomic E-state index is 0.147. The third-order valence-corrected chi connectivity index (χ3v) is 7.28. The van der Waals surface area contributed by atoms with Crippen molar-refractivity contribution < 1.29 is 4.79 Å². The number of rotatable bonds is 3. The van der Waals surface area contributed by atoms with E-state index < -0.39 is 0 Å². The SMILES string of the molecule is CN1CCC(c2ccccc2)(N2CCN(C(=O)C3CCCCC3)CC2)CC1. The molecule has 148 valence electrons. The van der Waals surface area contributed by atoms with Gasteiger partial charge < -0.3 is 9.80 Å². The van der Waals surface area contributed by atoms with Gasteiger partial charge in [0.15, 0.2) is 0 Å². The first-order valence-electron chi connectivity index (χ1n) is 11.0. The third-order valence-electron chi connectivity index (χ3n) is 7.28. The van der Waals surface area contributed by atoms with Gasteiger partial charge in [-0.1, -0.05) is 49.6 Å². The molecule has 0 aromatic heterocycles. The number of likely N-dealkylation sites (tertiary alicyclic amines) is 1. The third kappa shape index (κ3) is 3.93. The molecular weight excluding hydrogens is 334 g/mol. The van der Waals surface area contributed by atoms with E-state index in [-0.39, 0.29) is 5.54 Å². The topological polar surface area (TPSA) is 26.8 Å². The fraction of sp³-hybridized carbons (Fsp3) is 0.696. The van der Waals surface area contributed by atoms with Gasteiger partial charge in [-0.15, -0.1) is 0 Å². The highest BCUT2D eigenvalue weighted by atomic mass is 16.2. The minimum Gasteiger partial charge on any atom is -0.340 e. The van der Waals surface area contributed by atoms with E-state index >= 15 is 0 Å². The lowest BCUT2D eigenvalue weighted by Crippen LogP contribution is -2.59. The molecule has 0 atom stereocenters. The Balaban J connectivity index is 1.45.